The van der Waals surface area contributed by atoms with Crippen LogP contribution >= 0.6 is 0 Å². The number of carboxylic acid groups (broad SMARTS) is 1. The van der Waals surface area contributed by atoms with E-state index in [1.54, 1.807) is 4.90 Å². The lowest BCUT2D eigenvalue weighted by Gasteiger charge is -2.15. The van der Waals surface area contributed by atoms with Crippen LogP contribution in [0.3, 0.4) is 0 Å². The van der Waals surface area contributed by atoms with Crippen LogP contribution in [0.1, 0.15) is 0 Å². The summed E-state index contributed by atoms with van der Waals surface area (Å²) in [5.74, 6) is -0.867. The van der Waals surface area contributed by atoms with Gasteiger partial charge in [0.2, 0.25) is 0 Å². The highest BCUT2D eigenvalue weighted by Crippen LogP contribution is 1.85. The molecule has 0 heterocycles. The highest BCUT2D eigenvalue weighted by atomic mass is 16.4. The Bertz CT molecular complexity index is 125. The van der Waals surface area contributed by atoms with Crippen LogP contribution < -0.4 is 5.73 Å². The molecule has 4 nitrogen and oxygen atoms in total. The van der Waals surface area contributed by atoms with E-state index in [-0.39, 0.29) is 6.54 Å². The van der Waals surface area contributed by atoms with Crippen molar-refractivity contribution in [2.45, 2.75) is 0 Å². The first-order chi connectivity index (χ1) is 4.70. The average Bonchev–Trinajstić information content (AvgIpc) is 1.86. The molecule has 0 aliphatic carbocycles. The molecule has 0 aromatic heterocycles. The molecule has 0 saturated heterocycles. The quantitative estimate of drug-likeness (QED) is 0.544. The molecule has 0 bridgehead atoms. The fourth-order valence-electron chi connectivity index (χ4n) is 0.574. The highest BCUT2D eigenvalue weighted by molar-refractivity contribution is 5.69. The third kappa shape index (κ3) is 3.91. The van der Waals surface area contributed by atoms with Crippen molar-refractivity contribution in [1.29, 1.82) is 0 Å². The SMILES string of the molecule is C=CN(CCN)CC(=O)O. The number of hydrogen-bond acceptors (Lipinski definition) is 3. The zero-order chi connectivity index (χ0) is 7.98. The molecule has 0 fully saturated rings. The molecule has 4 heteroatoms. The predicted molar refractivity (Wildman–Crippen MR) is 38.5 cm³/mol. The monoisotopic (exact) mass is 144 g/mol. The van der Waals surface area contributed by atoms with E-state index in [2.05, 4.69) is 6.58 Å². The number of carboxylic acids is 1. The van der Waals surface area contributed by atoms with Crippen LogP contribution in [-0.2, 0) is 4.79 Å². The second-order valence-corrected chi connectivity index (χ2v) is 1.84. The minimum atomic E-state index is -0.867. The molecule has 3 N–H and O–H groups in total. The molecule has 0 radical (unpaired) electrons. The van der Waals surface area contributed by atoms with Gasteiger partial charge < -0.3 is 15.7 Å². The smallest absolute Gasteiger partial charge is 0.323 e. The van der Waals surface area contributed by atoms with Crippen LogP contribution in [0, 0.1) is 0 Å². The number of carbonyl (C=O) groups is 1. The Labute approximate surface area is 59.9 Å². The van der Waals surface area contributed by atoms with Gasteiger partial charge in [-0.1, -0.05) is 6.58 Å². The van der Waals surface area contributed by atoms with Gasteiger partial charge in [0.05, 0.1) is 0 Å². The molecular formula is C6H12N2O2. The Hall–Kier alpha value is -1.03. The summed E-state index contributed by atoms with van der Waals surface area (Å²) in [4.78, 5) is 11.7. The lowest BCUT2D eigenvalue weighted by molar-refractivity contribution is -0.137. The van der Waals surface area contributed by atoms with E-state index in [0.29, 0.717) is 13.1 Å². The molecule has 58 valence electrons. The largest absolute Gasteiger partial charge is 0.480 e. The molecule has 0 spiro atoms. The van der Waals surface area contributed by atoms with Crippen LogP contribution in [0.15, 0.2) is 12.8 Å². The van der Waals surface area contributed by atoms with Gasteiger partial charge in [0.1, 0.15) is 6.54 Å². The average molecular weight is 144 g/mol. The molecule has 0 aromatic carbocycles. The van der Waals surface area contributed by atoms with Gasteiger partial charge in [0.15, 0.2) is 0 Å². The van der Waals surface area contributed by atoms with Crippen LogP contribution in [-0.4, -0.2) is 35.6 Å². The molecule has 0 aromatic rings. The number of aliphatic carboxylic acids is 1. The first kappa shape index (κ1) is 8.97. The molecule has 0 unspecified atom stereocenters. The summed E-state index contributed by atoms with van der Waals surface area (Å²) in [7, 11) is 0. The Morgan fingerprint density at radius 3 is 2.70 bits per heavy atom. The normalized spacial score (nSPS) is 8.90. The highest BCUT2D eigenvalue weighted by Gasteiger charge is 2.01. The number of hydrogen-bond donors (Lipinski definition) is 2. The molecule has 0 amide bonds. The fourth-order valence-corrected chi connectivity index (χ4v) is 0.574. The second-order valence-electron chi connectivity index (χ2n) is 1.84. The number of nitrogens with two attached hydrogens (primary N) is 1. The Morgan fingerprint density at radius 1 is 1.80 bits per heavy atom. The first-order valence-corrected chi connectivity index (χ1v) is 2.99. The topological polar surface area (TPSA) is 66.6 Å². The molecule has 0 saturated carbocycles. The molecule has 0 aliphatic rings. The molecule has 10 heavy (non-hydrogen) atoms. The van der Waals surface area contributed by atoms with E-state index in [9.17, 15) is 4.79 Å². The van der Waals surface area contributed by atoms with E-state index in [1.807, 2.05) is 0 Å². The molecule has 0 aliphatic heterocycles. The van der Waals surface area contributed by atoms with Gasteiger partial charge in [-0.15, -0.1) is 0 Å². The number of rotatable bonds is 5. The van der Waals surface area contributed by atoms with E-state index in [0.717, 1.165) is 0 Å². The summed E-state index contributed by atoms with van der Waals surface area (Å²) in [5, 5.41) is 8.31. The zero-order valence-corrected chi connectivity index (χ0v) is 5.79. The van der Waals surface area contributed by atoms with Gasteiger partial charge in [-0.2, -0.15) is 0 Å². The number of nitrogens with zero attached hydrogens (tertiary/aromatic N) is 1. The van der Waals surface area contributed by atoms with E-state index in [1.165, 1.54) is 6.20 Å². The maximum Gasteiger partial charge on any atom is 0.323 e. The van der Waals surface area contributed by atoms with Crippen LogP contribution in [0.4, 0.5) is 0 Å². The maximum absolute atomic E-state index is 10.1. The van der Waals surface area contributed by atoms with Gasteiger partial charge in [-0.3, -0.25) is 4.79 Å². The Morgan fingerprint density at radius 2 is 2.40 bits per heavy atom. The second kappa shape index (κ2) is 4.81. The van der Waals surface area contributed by atoms with Gasteiger partial charge in [0, 0.05) is 13.1 Å². The van der Waals surface area contributed by atoms with Crippen LogP contribution in [0.2, 0.25) is 0 Å². The minimum absolute atomic E-state index is 0.0271. The minimum Gasteiger partial charge on any atom is -0.480 e. The van der Waals surface area contributed by atoms with Gasteiger partial charge >= 0.3 is 5.97 Å². The van der Waals surface area contributed by atoms with Crippen molar-refractivity contribution in [2.24, 2.45) is 5.73 Å². The summed E-state index contributed by atoms with van der Waals surface area (Å²) in [6.45, 7) is 4.39. The van der Waals surface area contributed by atoms with Crippen molar-refractivity contribution in [3.63, 3.8) is 0 Å². The maximum atomic E-state index is 10.1. The summed E-state index contributed by atoms with van der Waals surface area (Å²) >= 11 is 0. The predicted octanol–water partition coefficient (Wildman–Crippen LogP) is -0.525. The van der Waals surface area contributed by atoms with Gasteiger partial charge in [0.25, 0.3) is 0 Å². The summed E-state index contributed by atoms with van der Waals surface area (Å²) in [6.07, 6.45) is 1.47. The van der Waals surface area contributed by atoms with Crippen molar-refractivity contribution >= 4 is 5.97 Å². The Balaban J connectivity index is 3.59. The Kier molecular flexibility index (Phi) is 4.32. The van der Waals surface area contributed by atoms with Gasteiger partial charge in [-0.25, -0.2) is 0 Å². The van der Waals surface area contributed by atoms with Crippen molar-refractivity contribution < 1.29 is 9.90 Å². The first-order valence-electron chi connectivity index (χ1n) is 2.99. The van der Waals surface area contributed by atoms with E-state index >= 15 is 0 Å². The van der Waals surface area contributed by atoms with Gasteiger partial charge in [-0.05, 0) is 6.20 Å². The van der Waals surface area contributed by atoms with Crippen molar-refractivity contribution in [1.82, 2.24) is 4.90 Å². The third-order valence-corrected chi connectivity index (χ3v) is 1.01. The molecular weight excluding hydrogens is 132 g/mol. The van der Waals surface area contributed by atoms with Crippen LogP contribution in [0.5, 0.6) is 0 Å². The third-order valence-electron chi connectivity index (χ3n) is 1.01. The molecule has 0 atom stereocenters. The lowest BCUT2D eigenvalue weighted by Crippen LogP contribution is -2.29. The fraction of sp³-hybridized carbons (Fsp3) is 0.500. The van der Waals surface area contributed by atoms with E-state index < -0.39 is 5.97 Å². The summed E-state index contributed by atoms with van der Waals surface area (Å²) < 4.78 is 0. The summed E-state index contributed by atoms with van der Waals surface area (Å²) in [6, 6.07) is 0. The van der Waals surface area contributed by atoms with Crippen molar-refractivity contribution in [3.8, 4) is 0 Å². The molecule has 0 rings (SSSR count). The van der Waals surface area contributed by atoms with E-state index in [4.69, 9.17) is 10.8 Å². The van der Waals surface area contributed by atoms with Crippen molar-refractivity contribution in [3.05, 3.63) is 12.8 Å². The van der Waals surface area contributed by atoms with Crippen molar-refractivity contribution in [2.75, 3.05) is 19.6 Å². The van der Waals surface area contributed by atoms with Crippen LogP contribution in [0.25, 0.3) is 0 Å². The zero-order valence-electron chi connectivity index (χ0n) is 5.79. The summed E-state index contributed by atoms with van der Waals surface area (Å²) in [5.41, 5.74) is 5.20. The standard InChI is InChI=1S/C6H12N2O2/c1-2-8(4-3-7)5-6(9)10/h2H,1,3-5,7H2,(H,9,10). The lowest BCUT2D eigenvalue weighted by atomic mass is 10.5.